The van der Waals surface area contributed by atoms with Crippen molar-refractivity contribution in [2.75, 3.05) is 0 Å². The van der Waals surface area contributed by atoms with Crippen molar-refractivity contribution in [3.05, 3.63) is 35.3 Å². The van der Waals surface area contributed by atoms with Crippen molar-refractivity contribution in [1.29, 1.82) is 0 Å². The van der Waals surface area contributed by atoms with E-state index in [0.29, 0.717) is 25.2 Å². The Kier molecular flexibility index (Phi) is 4.26. The molecule has 0 bridgehead atoms. The quantitative estimate of drug-likeness (QED) is 0.634. The molecule has 1 N–H and O–H groups in total. The monoisotopic (exact) mass is 438 g/mol. The minimum absolute atomic E-state index is 0.0799. The summed E-state index contributed by atoms with van der Waals surface area (Å²) in [6.45, 7) is 6.52. The number of ether oxygens (including phenoxy) is 1. The van der Waals surface area contributed by atoms with Gasteiger partial charge in [0.25, 0.3) is 0 Å². The summed E-state index contributed by atoms with van der Waals surface area (Å²) in [5.74, 6) is 2.79. The zero-order chi connectivity index (χ0) is 22.5. The fraction of sp³-hybridized carbons (Fsp3) is 0.704. The van der Waals surface area contributed by atoms with Gasteiger partial charge in [-0.15, -0.1) is 0 Å². The van der Waals surface area contributed by atoms with Gasteiger partial charge in [-0.2, -0.15) is 0 Å². The Bertz CT molecular complexity index is 1020. The molecule has 3 saturated carbocycles. The van der Waals surface area contributed by atoms with Gasteiger partial charge >= 0.3 is 5.97 Å². The van der Waals surface area contributed by atoms with Crippen LogP contribution in [0, 0.1) is 35.5 Å². The number of aryl methyl sites for hydroxylation is 1. The van der Waals surface area contributed by atoms with Gasteiger partial charge in [-0.25, -0.2) is 0 Å². The first-order chi connectivity index (χ1) is 15.2. The first kappa shape index (κ1) is 20.7. The third-order valence-corrected chi connectivity index (χ3v) is 10.4. The van der Waals surface area contributed by atoms with Gasteiger partial charge in [0.1, 0.15) is 17.1 Å². The summed E-state index contributed by atoms with van der Waals surface area (Å²) in [7, 11) is 0. The van der Waals surface area contributed by atoms with Gasteiger partial charge in [-0.05, 0) is 86.8 Å². The summed E-state index contributed by atoms with van der Waals surface area (Å²) in [5, 5.41) is 11.8. The highest BCUT2D eigenvalue weighted by molar-refractivity contribution is 5.91. The predicted molar refractivity (Wildman–Crippen MR) is 118 cm³/mol. The maximum atomic E-state index is 12.4. The van der Waals surface area contributed by atoms with Gasteiger partial charge in [-0.3, -0.25) is 9.59 Å². The number of esters is 1. The van der Waals surface area contributed by atoms with Crippen molar-refractivity contribution >= 4 is 11.8 Å². The molecule has 2 heterocycles. The van der Waals surface area contributed by atoms with E-state index in [2.05, 4.69) is 19.9 Å². The molecule has 6 rings (SSSR count). The second-order valence-electron chi connectivity index (χ2n) is 11.7. The van der Waals surface area contributed by atoms with E-state index >= 15 is 0 Å². The molecule has 4 fully saturated rings. The van der Waals surface area contributed by atoms with Crippen LogP contribution in [0.5, 0.6) is 0 Å². The lowest BCUT2D eigenvalue weighted by atomic mass is 9.43. The molecule has 6 unspecified atom stereocenters. The topological polar surface area (TPSA) is 76.7 Å². The predicted octanol–water partition coefficient (Wildman–Crippen LogP) is 4.86. The van der Waals surface area contributed by atoms with E-state index in [1.54, 1.807) is 0 Å². The average Bonchev–Trinajstić information content (AvgIpc) is 3.40. The van der Waals surface area contributed by atoms with Crippen LogP contribution in [0.25, 0.3) is 0 Å². The number of aliphatic hydroxyl groups excluding tert-OH is 1. The number of rotatable bonds is 1. The van der Waals surface area contributed by atoms with Crippen LogP contribution in [0.1, 0.15) is 82.7 Å². The number of hydrogen-bond acceptors (Lipinski definition) is 5. The second kappa shape index (κ2) is 6.59. The molecular formula is C27H34O5. The fourth-order valence-electron chi connectivity index (χ4n) is 8.90. The molecule has 1 aliphatic heterocycles. The molecular weight excluding hydrogens is 404 g/mol. The normalized spacial score (nSPS) is 47.6. The molecule has 5 heteroatoms. The molecule has 0 radical (unpaired) electrons. The van der Waals surface area contributed by atoms with Crippen molar-refractivity contribution < 1.29 is 23.8 Å². The Hall–Kier alpha value is -1.88. The highest BCUT2D eigenvalue weighted by atomic mass is 16.6. The number of allylic oxidation sites excluding steroid dienone is 1. The van der Waals surface area contributed by atoms with Crippen LogP contribution in [-0.4, -0.2) is 28.6 Å². The van der Waals surface area contributed by atoms with Crippen LogP contribution in [0.2, 0.25) is 0 Å². The lowest BCUT2D eigenvalue weighted by Crippen LogP contribution is -2.61. The van der Waals surface area contributed by atoms with Crippen molar-refractivity contribution in [3.63, 3.8) is 0 Å². The molecule has 1 saturated heterocycles. The van der Waals surface area contributed by atoms with Crippen LogP contribution in [0.3, 0.4) is 0 Å². The standard InChI is InChI=1S/C27H34O5/c1-15-4-5-21(31-15)18-13-16-12-17(28)6-9-25(16,2)24-20(29)14-26(3)19(23(18)24)7-10-27(26)11-8-22(30)32-27/h4-5,12,18-20,23-24,29H,6-11,13-14H2,1-3H3/t18?,19-,20+,23?,24?,25?,26?,27?/m0/s1. The maximum absolute atomic E-state index is 12.4. The molecule has 8 atom stereocenters. The van der Waals surface area contributed by atoms with Crippen LogP contribution in [0.4, 0.5) is 0 Å². The zero-order valence-corrected chi connectivity index (χ0v) is 19.4. The molecule has 172 valence electrons. The Morgan fingerprint density at radius 3 is 2.59 bits per heavy atom. The molecule has 1 aromatic heterocycles. The first-order valence-electron chi connectivity index (χ1n) is 12.4. The third-order valence-electron chi connectivity index (χ3n) is 10.4. The van der Waals surface area contributed by atoms with E-state index in [4.69, 9.17) is 9.15 Å². The Balaban J connectivity index is 1.50. The van der Waals surface area contributed by atoms with E-state index in [9.17, 15) is 14.7 Å². The molecule has 1 aromatic rings. The zero-order valence-electron chi connectivity index (χ0n) is 19.4. The first-order valence-corrected chi connectivity index (χ1v) is 12.4. The van der Waals surface area contributed by atoms with Crippen LogP contribution < -0.4 is 0 Å². The lowest BCUT2D eigenvalue weighted by molar-refractivity contribution is -0.188. The molecule has 4 aliphatic carbocycles. The molecule has 1 spiro atoms. The summed E-state index contributed by atoms with van der Waals surface area (Å²) in [4.78, 5) is 24.6. The SMILES string of the molecule is Cc1ccc(C2CC3=CC(=O)CCC3(C)C3C2[C@@H]2CCC4(CCC(=O)O4)C2(C)C[C@H]3O)o1. The molecule has 5 aliphatic rings. The lowest BCUT2D eigenvalue weighted by Gasteiger charge is -2.62. The Morgan fingerprint density at radius 1 is 1.09 bits per heavy atom. The van der Waals surface area contributed by atoms with Crippen LogP contribution in [0.15, 0.2) is 28.2 Å². The minimum atomic E-state index is -0.490. The fourth-order valence-corrected chi connectivity index (χ4v) is 8.90. The second-order valence-corrected chi connectivity index (χ2v) is 11.7. The largest absolute Gasteiger partial charge is 0.466 e. The number of hydrogen-bond donors (Lipinski definition) is 1. The van der Waals surface area contributed by atoms with Crippen molar-refractivity contribution in [3.8, 4) is 0 Å². The number of ketones is 1. The van der Waals surface area contributed by atoms with Gasteiger partial charge in [0.05, 0.1) is 6.10 Å². The minimum Gasteiger partial charge on any atom is -0.466 e. The maximum Gasteiger partial charge on any atom is 0.306 e. The molecule has 32 heavy (non-hydrogen) atoms. The van der Waals surface area contributed by atoms with Gasteiger partial charge in [-0.1, -0.05) is 19.4 Å². The Morgan fingerprint density at radius 2 is 1.91 bits per heavy atom. The molecule has 0 aromatic carbocycles. The summed E-state index contributed by atoms with van der Waals surface area (Å²) in [6.07, 6.45) is 7.38. The van der Waals surface area contributed by atoms with E-state index in [1.165, 1.54) is 5.57 Å². The summed E-state index contributed by atoms with van der Waals surface area (Å²) in [6, 6.07) is 4.11. The summed E-state index contributed by atoms with van der Waals surface area (Å²) < 4.78 is 12.3. The van der Waals surface area contributed by atoms with Gasteiger partial charge in [0.2, 0.25) is 0 Å². The number of aliphatic hydroxyl groups is 1. The number of furan rings is 1. The summed E-state index contributed by atoms with van der Waals surface area (Å²) >= 11 is 0. The number of fused-ring (bicyclic) bond motifs is 6. The van der Waals surface area contributed by atoms with Crippen LogP contribution in [-0.2, 0) is 14.3 Å². The van der Waals surface area contributed by atoms with E-state index < -0.39 is 11.7 Å². The van der Waals surface area contributed by atoms with E-state index in [-0.39, 0.29) is 40.3 Å². The molecule has 0 amide bonds. The van der Waals surface area contributed by atoms with Crippen molar-refractivity contribution in [1.82, 2.24) is 0 Å². The van der Waals surface area contributed by atoms with Gasteiger partial charge in [0.15, 0.2) is 5.78 Å². The number of carbonyl (C=O) groups excluding carboxylic acids is 2. The van der Waals surface area contributed by atoms with Crippen molar-refractivity contribution in [2.45, 2.75) is 89.8 Å². The Labute approximate surface area is 189 Å². The van der Waals surface area contributed by atoms with Gasteiger partial charge < -0.3 is 14.3 Å². The highest BCUT2D eigenvalue weighted by Gasteiger charge is 2.70. The van der Waals surface area contributed by atoms with Crippen molar-refractivity contribution in [2.24, 2.45) is 28.6 Å². The third kappa shape index (κ3) is 2.55. The summed E-state index contributed by atoms with van der Waals surface area (Å²) in [5.41, 5.74) is 0.349. The van der Waals surface area contributed by atoms with Crippen LogP contribution >= 0.6 is 0 Å². The van der Waals surface area contributed by atoms with Gasteiger partial charge in [0, 0.05) is 24.2 Å². The molecule has 5 nitrogen and oxygen atoms in total. The van der Waals surface area contributed by atoms with E-state index in [1.807, 2.05) is 19.1 Å². The smallest absolute Gasteiger partial charge is 0.306 e. The van der Waals surface area contributed by atoms with E-state index in [0.717, 1.165) is 43.6 Å². The highest BCUT2D eigenvalue weighted by Crippen LogP contribution is 2.71. The average molecular weight is 439 g/mol. The number of carbonyl (C=O) groups is 2.